The lowest BCUT2D eigenvalue weighted by molar-refractivity contribution is -0.144. The smallest absolute Gasteiger partial charge is 0.326 e. The predicted molar refractivity (Wildman–Crippen MR) is 59.4 cm³/mol. The van der Waals surface area contributed by atoms with E-state index < -0.39 is 23.3 Å². The standard InChI is InChI=1S/C10H16ClNO4/c1-10(2,3)7(13)4-6(9(15)16)12-8(14)5-11/h6H,4-5H2,1-3H3,(H,12,14)(H,15,16). The molecule has 0 aromatic carbocycles. The molecule has 5 nitrogen and oxygen atoms in total. The summed E-state index contributed by atoms with van der Waals surface area (Å²) in [5.41, 5.74) is -0.626. The number of alkyl halides is 1. The van der Waals surface area contributed by atoms with Crippen molar-refractivity contribution in [2.24, 2.45) is 5.41 Å². The second kappa shape index (κ2) is 5.84. The third-order valence-corrected chi connectivity index (χ3v) is 2.22. The monoisotopic (exact) mass is 249 g/mol. The van der Waals surface area contributed by atoms with Crippen LogP contribution in [-0.2, 0) is 14.4 Å². The van der Waals surface area contributed by atoms with Gasteiger partial charge in [-0.2, -0.15) is 0 Å². The fourth-order valence-electron chi connectivity index (χ4n) is 0.925. The van der Waals surface area contributed by atoms with Gasteiger partial charge in [-0.25, -0.2) is 4.79 Å². The highest BCUT2D eigenvalue weighted by atomic mass is 35.5. The van der Waals surface area contributed by atoms with Crippen molar-refractivity contribution in [2.75, 3.05) is 5.88 Å². The molecule has 0 aliphatic rings. The molecule has 1 atom stereocenters. The summed E-state index contributed by atoms with van der Waals surface area (Å²) >= 11 is 5.24. The number of carbonyl (C=O) groups excluding carboxylic acids is 2. The highest BCUT2D eigenvalue weighted by Gasteiger charge is 2.28. The Bertz CT molecular complexity index is 296. The van der Waals surface area contributed by atoms with E-state index in [9.17, 15) is 14.4 Å². The molecule has 1 amide bonds. The largest absolute Gasteiger partial charge is 0.480 e. The average Bonchev–Trinajstić information content (AvgIpc) is 2.14. The summed E-state index contributed by atoms with van der Waals surface area (Å²) in [5, 5.41) is 11.0. The zero-order chi connectivity index (χ0) is 12.9. The molecule has 0 radical (unpaired) electrons. The molecule has 0 saturated heterocycles. The summed E-state index contributed by atoms with van der Waals surface area (Å²) < 4.78 is 0. The van der Waals surface area contributed by atoms with Gasteiger partial charge in [-0.1, -0.05) is 20.8 Å². The van der Waals surface area contributed by atoms with Crippen molar-refractivity contribution in [1.82, 2.24) is 5.32 Å². The molecule has 2 N–H and O–H groups in total. The van der Waals surface area contributed by atoms with E-state index >= 15 is 0 Å². The number of amides is 1. The zero-order valence-electron chi connectivity index (χ0n) is 9.54. The number of carbonyl (C=O) groups is 3. The second-order valence-electron chi connectivity index (χ2n) is 4.47. The number of hydrogen-bond donors (Lipinski definition) is 2. The highest BCUT2D eigenvalue weighted by molar-refractivity contribution is 6.27. The minimum Gasteiger partial charge on any atom is -0.480 e. The van der Waals surface area contributed by atoms with Gasteiger partial charge in [-0.3, -0.25) is 9.59 Å². The minimum absolute atomic E-state index is 0.227. The van der Waals surface area contributed by atoms with E-state index in [1.807, 2.05) is 0 Å². The van der Waals surface area contributed by atoms with Crippen LogP contribution in [0.4, 0.5) is 0 Å². The number of hydrogen-bond acceptors (Lipinski definition) is 3. The number of ketones is 1. The van der Waals surface area contributed by atoms with Gasteiger partial charge in [-0.15, -0.1) is 11.6 Å². The molecule has 0 heterocycles. The summed E-state index contributed by atoms with van der Waals surface area (Å²) in [7, 11) is 0. The van der Waals surface area contributed by atoms with E-state index in [1.54, 1.807) is 20.8 Å². The van der Waals surface area contributed by atoms with E-state index in [0.29, 0.717) is 0 Å². The van der Waals surface area contributed by atoms with Crippen molar-refractivity contribution in [3.8, 4) is 0 Å². The van der Waals surface area contributed by atoms with Crippen molar-refractivity contribution < 1.29 is 19.5 Å². The Kier molecular flexibility index (Phi) is 5.44. The van der Waals surface area contributed by atoms with Gasteiger partial charge in [-0.05, 0) is 0 Å². The zero-order valence-corrected chi connectivity index (χ0v) is 10.3. The van der Waals surface area contributed by atoms with E-state index in [4.69, 9.17) is 16.7 Å². The van der Waals surface area contributed by atoms with Gasteiger partial charge in [0.15, 0.2) is 0 Å². The molecular formula is C10H16ClNO4. The predicted octanol–water partition coefficient (Wildman–Crippen LogP) is 0.800. The molecule has 16 heavy (non-hydrogen) atoms. The van der Waals surface area contributed by atoms with Crippen molar-refractivity contribution in [1.29, 1.82) is 0 Å². The third kappa shape index (κ3) is 5.11. The van der Waals surface area contributed by atoms with Crippen LogP contribution < -0.4 is 5.32 Å². The molecule has 0 aromatic heterocycles. The van der Waals surface area contributed by atoms with Gasteiger partial charge in [0.1, 0.15) is 17.7 Å². The molecular weight excluding hydrogens is 234 g/mol. The van der Waals surface area contributed by atoms with Gasteiger partial charge in [0.2, 0.25) is 5.91 Å². The Morgan fingerprint density at radius 1 is 1.31 bits per heavy atom. The molecule has 6 heteroatoms. The molecule has 92 valence electrons. The van der Waals surface area contributed by atoms with Gasteiger partial charge in [0.05, 0.1) is 0 Å². The van der Waals surface area contributed by atoms with E-state index in [2.05, 4.69) is 5.32 Å². The van der Waals surface area contributed by atoms with E-state index in [-0.39, 0.29) is 18.1 Å². The van der Waals surface area contributed by atoms with Crippen LogP contribution in [0.5, 0.6) is 0 Å². The van der Waals surface area contributed by atoms with E-state index in [0.717, 1.165) is 0 Å². The number of aliphatic carboxylic acids is 1. The average molecular weight is 250 g/mol. The van der Waals surface area contributed by atoms with Crippen molar-refractivity contribution in [3.63, 3.8) is 0 Å². The lowest BCUT2D eigenvalue weighted by atomic mass is 9.87. The van der Waals surface area contributed by atoms with Crippen LogP contribution in [0.15, 0.2) is 0 Å². The first-order valence-electron chi connectivity index (χ1n) is 4.80. The summed E-state index contributed by atoms with van der Waals surface area (Å²) in [6, 6.07) is -1.21. The SMILES string of the molecule is CC(C)(C)C(=O)CC(NC(=O)CCl)C(=O)O. The topological polar surface area (TPSA) is 83.5 Å². The second-order valence-corrected chi connectivity index (χ2v) is 4.74. The molecule has 1 unspecified atom stereocenters. The minimum atomic E-state index is -1.24. The number of Topliss-reactive ketones (excluding diaryl/α,β-unsaturated/α-hetero) is 1. The Balaban J connectivity index is 4.53. The van der Waals surface area contributed by atoms with Gasteiger partial charge >= 0.3 is 5.97 Å². The van der Waals surface area contributed by atoms with Gasteiger partial charge < -0.3 is 10.4 Å². The fourth-order valence-corrected chi connectivity index (χ4v) is 1.00. The number of nitrogens with one attached hydrogen (secondary N) is 1. The molecule has 0 rings (SSSR count). The van der Waals surface area contributed by atoms with Crippen molar-refractivity contribution in [2.45, 2.75) is 33.2 Å². The van der Waals surface area contributed by atoms with Crippen LogP contribution >= 0.6 is 11.6 Å². The molecule has 0 bridgehead atoms. The maximum atomic E-state index is 11.6. The van der Waals surface area contributed by atoms with Crippen LogP contribution in [0.3, 0.4) is 0 Å². The molecule has 0 aliphatic heterocycles. The number of carboxylic acids is 1. The van der Waals surface area contributed by atoms with Crippen LogP contribution in [0.1, 0.15) is 27.2 Å². The van der Waals surface area contributed by atoms with E-state index in [1.165, 1.54) is 0 Å². The van der Waals surface area contributed by atoms with Crippen molar-refractivity contribution in [3.05, 3.63) is 0 Å². The Hall–Kier alpha value is -1.10. The number of carboxylic acid groups (broad SMARTS) is 1. The molecule has 0 saturated carbocycles. The Morgan fingerprint density at radius 3 is 2.12 bits per heavy atom. The summed E-state index contributed by atoms with van der Waals surface area (Å²) in [4.78, 5) is 33.3. The Morgan fingerprint density at radius 2 is 1.81 bits per heavy atom. The molecule has 0 aliphatic carbocycles. The first-order chi connectivity index (χ1) is 7.18. The van der Waals surface area contributed by atoms with Gasteiger partial charge in [0, 0.05) is 11.8 Å². The highest BCUT2D eigenvalue weighted by Crippen LogP contribution is 2.17. The van der Waals surface area contributed by atoms with Crippen LogP contribution in [0.2, 0.25) is 0 Å². The summed E-state index contributed by atoms with van der Waals surface area (Å²) in [5.74, 6) is -2.39. The quantitative estimate of drug-likeness (QED) is 0.706. The fraction of sp³-hybridized carbons (Fsp3) is 0.700. The first kappa shape index (κ1) is 14.9. The first-order valence-corrected chi connectivity index (χ1v) is 5.33. The van der Waals surface area contributed by atoms with Crippen LogP contribution in [0.25, 0.3) is 0 Å². The molecule has 0 aromatic rings. The maximum Gasteiger partial charge on any atom is 0.326 e. The number of rotatable bonds is 5. The normalized spacial score (nSPS) is 13.0. The Labute approximate surface area is 99.2 Å². The number of halogens is 1. The maximum absolute atomic E-state index is 11.6. The van der Waals surface area contributed by atoms with Gasteiger partial charge in [0.25, 0.3) is 0 Å². The lowest BCUT2D eigenvalue weighted by Crippen LogP contribution is -2.44. The third-order valence-electron chi connectivity index (χ3n) is 1.98. The van der Waals surface area contributed by atoms with Crippen LogP contribution in [0, 0.1) is 5.41 Å². The molecule has 0 spiro atoms. The summed E-state index contributed by atoms with van der Waals surface area (Å²) in [6.07, 6.45) is -0.235. The van der Waals surface area contributed by atoms with Crippen LogP contribution in [-0.4, -0.2) is 34.7 Å². The lowest BCUT2D eigenvalue weighted by Gasteiger charge is -2.20. The summed E-state index contributed by atoms with van der Waals surface area (Å²) in [6.45, 7) is 5.08. The molecule has 0 fully saturated rings. The van der Waals surface area contributed by atoms with Crippen molar-refractivity contribution >= 4 is 29.3 Å².